The molecule has 0 fully saturated rings. The number of hydrogen-bond donors (Lipinski definition) is 3. The van der Waals surface area contributed by atoms with Crippen LogP contribution in [0.15, 0.2) is 41.4 Å². The van der Waals surface area contributed by atoms with E-state index in [-0.39, 0.29) is 22.9 Å². The van der Waals surface area contributed by atoms with Crippen molar-refractivity contribution in [1.82, 2.24) is 5.32 Å². The van der Waals surface area contributed by atoms with Crippen LogP contribution in [0.1, 0.15) is 6.92 Å². The lowest BCUT2D eigenvalue weighted by atomic mass is 10.3. The second kappa shape index (κ2) is 6.86. The van der Waals surface area contributed by atoms with Gasteiger partial charge in [-0.05, 0) is 31.2 Å². The fraction of sp³-hybridized carbons (Fsp3) is 0.167. The molecule has 1 aromatic rings. The van der Waals surface area contributed by atoms with Crippen molar-refractivity contribution in [2.45, 2.75) is 11.8 Å². The van der Waals surface area contributed by atoms with Crippen LogP contribution in [-0.2, 0) is 19.6 Å². The highest BCUT2D eigenvalue weighted by molar-refractivity contribution is 7.85. The molecule has 1 rings (SSSR count). The molecule has 1 aromatic carbocycles. The van der Waals surface area contributed by atoms with Crippen molar-refractivity contribution >= 4 is 27.8 Å². The number of urea groups is 1. The van der Waals surface area contributed by atoms with Crippen LogP contribution in [0, 0.1) is 0 Å². The summed E-state index contributed by atoms with van der Waals surface area (Å²) in [5.41, 5.74) is 0.0282. The third kappa shape index (κ3) is 5.24. The second-order valence-corrected chi connectivity index (χ2v) is 5.20. The van der Waals surface area contributed by atoms with Gasteiger partial charge in [0, 0.05) is 5.69 Å². The third-order valence-corrected chi connectivity index (χ3v) is 3.06. The van der Waals surface area contributed by atoms with E-state index in [1.165, 1.54) is 12.1 Å². The molecule has 0 aliphatic carbocycles. The number of anilines is 1. The Morgan fingerprint density at radius 2 is 1.86 bits per heavy atom. The molecule has 8 nitrogen and oxygen atoms in total. The van der Waals surface area contributed by atoms with Gasteiger partial charge in [0.25, 0.3) is 10.1 Å². The van der Waals surface area contributed by atoms with E-state index in [0.29, 0.717) is 0 Å². The van der Waals surface area contributed by atoms with Gasteiger partial charge >= 0.3 is 12.0 Å². The van der Waals surface area contributed by atoms with Crippen LogP contribution in [0.4, 0.5) is 10.5 Å². The predicted molar refractivity (Wildman–Crippen MR) is 74.2 cm³/mol. The van der Waals surface area contributed by atoms with Gasteiger partial charge in [-0.1, -0.05) is 6.58 Å². The van der Waals surface area contributed by atoms with Gasteiger partial charge in [-0.2, -0.15) is 8.42 Å². The Kier molecular flexibility index (Phi) is 5.44. The summed E-state index contributed by atoms with van der Waals surface area (Å²) < 4.78 is 35.1. The van der Waals surface area contributed by atoms with Crippen LogP contribution in [0.3, 0.4) is 0 Å². The van der Waals surface area contributed by atoms with Gasteiger partial charge in [0.2, 0.25) is 0 Å². The molecule has 0 atom stereocenters. The summed E-state index contributed by atoms with van der Waals surface area (Å²) in [7, 11) is -4.29. The van der Waals surface area contributed by atoms with Gasteiger partial charge in [-0.3, -0.25) is 4.55 Å². The van der Waals surface area contributed by atoms with Gasteiger partial charge in [0.05, 0.1) is 11.5 Å². The van der Waals surface area contributed by atoms with Crippen LogP contribution in [-0.4, -0.2) is 31.6 Å². The second-order valence-electron chi connectivity index (χ2n) is 3.78. The van der Waals surface area contributed by atoms with Crippen molar-refractivity contribution in [2.24, 2.45) is 0 Å². The molecule has 3 N–H and O–H groups in total. The first-order valence-corrected chi connectivity index (χ1v) is 7.19. The first-order valence-electron chi connectivity index (χ1n) is 5.75. The molecule has 0 spiro atoms. The Balaban J connectivity index is 2.63. The van der Waals surface area contributed by atoms with Gasteiger partial charge in [0.1, 0.15) is 5.70 Å². The van der Waals surface area contributed by atoms with E-state index < -0.39 is 22.1 Å². The average molecular weight is 314 g/mol. The van der Waals surface area contributed by atoms with Gasteiger partial charge < -0.3 is 15.4 Å². The van der Waals surface area contributed by atoms with E-state index in [9.17, 15) is 18.0 Å². The lowest BCUT2D eigenvalue weighted by Crippen LogP contribution is -2.31. The Bertz CT molecular complexity index is 651. The number of rotatable bonds is 5. The molecular weight excluding hydrogens is 300 g/mol. The molecule has 0 radical (unpaired) electrons. The summed E-state index contributed by atoms with van der Waals surface area (Å²) in [5.74, 6) is -0.755. The quantitative estimate of drug-likeness (QED) is 0.425. The number of benzene rings is 1. The van der Waals surface area contributed by atoms with Crippen LogP contribution in [0.5, 0.6) is 0 Å². The number of ether oxygens (including phenoxy) is 1. The molecule has 0 aliphatic rings. The molecule has 0 saturated heterocycles. The van der Waals surface area contributed by atoms with Crippen molar-refractivity contribution < 1.29 is 27.3 Å². The Hall–Kier alpha value is -2.39. The van der Waals surface area contributed by atoms with E-state index in [0.717, 1.165) is 12.1 Å². The van der Waals surface area contributed by atoms with E-state index in [1.807, 2.05) is 0 Å². The predicted octanol–water partition coefficient (Wildman–Crippen LogP) is 1.13. The van der Waals surface area contributed by atoms with Crippen LogP contribution < -0.4 is 10.6 Å². The van der Waals surface area contributed by atoms with Gasteiger partial charge in [0.15, 0.2) is 0 Å². The molecule has 0 unspecified atom stereocenters. The summed E-state index contributed by atoms with van der Waals surface area (Å²) in [5, 5.41) is 4.52. The maximum atomic E-state index is 11.6. The van der Waals surface area contributed by atoms with Gasteiger partial charge in [-0.15, -0.1) is 0 Å². The van der Waals surface area contributed by atoms with Crippen molar-refractivity contribution in [2.75, 3.05) is 11.9 Å². The van der Waals surface area contributed by atoms with E-state index in [1.54, 1.807) is 6.92 Å². The summed E-state index contributed by atoms with van der Waals surface area (Å²) in [6.45, 7) is 5.11. The Labute approximate surface area is 121 Å². The average Bonchev–Trinajstić information content (AvgIpc) is 2.38. The summed E-state index contributed by atoms with van der Waals surface area (Å²) in [6.07, 6.45) is 0. The number of esters is 1. The number of nitrogens with one attached hydrogen (secondary N) is 2. The SMILES string of the molecule is C=C(NC(=O)Nc1ccc(S(=O)(=O)O)cc1)C(=O)OCC. The Morgan fingerprint density at radius 1 is 1.29 bits per heavy atom. The lowest BCUT2D eigenvalue weighted by molar-refractivity contribution is -0.138. The van der Waals surface area contributed by atoms with Crippen LogP contribution >= 0.6 is 0 Å². The Morgan fingerprint density at radius 3 is 2.33 bits per heavy atom. The van der Waals surface area contributed by atoms with Gasteiger partial charge in [-0.25, -0.2) is 9.59 Å². The van der Waals surface area contributed by atoms with Crippen molar-refractivity contribution in [3.05, 3.63) is 36.5 Å². The first kappa shape index (κ1) is 16.7. The zero-order chi connectivity index (χ0) is 16.0. The monoisotopic (exact) mass is 314 g/mol. The third-order valence-electron chi connectivity index (χ3n) is 2.20. The van der Waals surface area contributed by atoms with Crippen LogP contribution in [0.25, 0.3) is 0 Å². The molecule has 9 heteroatoms. The maximum Gasteiger partial charge on any atom is 0.354 e. The van der Waals surface area contributed by atoms with E-state index in [2.05, 4.69) is 21.9 Å². The largest absolute Gasteiger partial charge is 0.461 e. The summed E-state index contributed by atoms with van der Waals surface area (Å²) in [6, 6.07) is 4.04. The number of carbonyl (C=O) groups is 2. The fourth-order valence-electron chi connectivity index (χ4n) is 1.28. The molecule has 0 aromatic heterocycles. The van der Waals surface area contributed by atoms with Crippen molar-refractivity contribution in [3.8, 4) is 0 Å². The minimum atomic E-state index is -4.29. The summed E-state index contributed by atoms with van der Waals surface area (Å²) in [4.78, 5) is 22.5. The molecule has 114 valence electrons. The van der Waals surface area contributed by atoms with Crippen LogP contribution in [0.2, 0.25) is 0 Å². The van der Waals surface area contributed by atoms with Crippen molar-refractivity contribution in [3.63, 3.8) is 0 Å². The fourth-order valence-corrected chi connectivity index (χ4v) is 1.76. The molecular formula is C12H14N2O6S. The zero-order valence-electron chi connectivity index (χ0n) is 11.1. The first-order chi connectivity index (χ1) is 9.74. The van der Waals surface area contributed by atoms with Crippen molar-refractivity contribution in [1.29, 1.82) is 0 Å². The molecule has 21 heavy (non-hydrogen) atoms. The standard InChI is InChI=1S/C12H14N2O6S/c1-3-20-11(15)8(2)13-12(16)14-9-4-6-10(7-5-9)21(17,18)19/h4-7H,2-3H2,1H3,(H2,13,14,16)(H,17,18,19). The normalized spacial score (nSPS) is 10.6. The number of hydrogen-bond acceptors (Lipinski definition) is 5. The smallest absolute Gasteiger partial charge is 0.354 e. The molecule has 0 bridgehead atoms. The minimum Gasteiger partial charge on any atom is -0.461 e. The molecule has 0 heterocycles. The highest BCUT2D eigenvalue weighted by atomic mass is 32.2. The highest BCUT2D eigenvalue weighted by Crippen LogP contribution is 2.13. The zero-order valence-corrected chi connectivity index (χ0v) is 11.9. The molecule has 0 aliphatic heterocycles. The topological polar surface area (TPSA) is 122 Å². The molecule has 0 saturated carbocycles. The number of carbonyl (C=O) groups excluding carboxylic acids is 2. The lowest BCUT2D eigenvalue weighted by Gasteiger charge is -2.09. The van der Waals surface area contributed by atoms with E-state index in [4.69, 9.17) is 4.55 Å². The van der Waals surface area contributed by atoms with E-state index >= 15 is 0 Å². The number of amides is 2. The molecule has 2 amide bonds. The minimum absolute atomic E-state index is 0.151. The maximum absolute atomic E-state index is 11.6. The highest BCUT2D eigenvalue weighted by Gasteiger charge is 2.12. The summed E-state index contributed by atoms with van der Waals surface area (Å²) >= 11 is 0.